The summed E-state index contributed by atoms with van der Waals surface area (Å²) in [6.45, 7) is 2.86. The molecule has 0 aliphatic carbocycles. The SMILES string of the molecule is Cl.O=C(OC1CCN(Cc2cccc(Br)c2)CC1)c1ccccc1. The third-order valence-electron chi connectivity index (χ3n) is 4.11. The van der Waals surface area contributed by atoms with Crippen molar-refractivity contribution in [2.24, 2.45) is 0 Å². The number of hydrogen-bond donors (Lipinski definition) is 0. The van der Waals surface area contributed by atoms with Crippen LogP contribution in [0, 0.1) is 0 Å². The average Bonchev–Trinajstić information content (AvgIpc) is 2.57. The second-order valence-corrected chi connectivity index (χ2v) is 6.79. The lowest BCUT2D eigenvalue weighted by atomic mass is 10.1. The van der Waals surface area contributed by atoms with Crippen LogP contribution in [0.1, 0.15) is 28.8 Å². The fourth-order valence-electron chi connectivity index (χ4n) is 2.87. The lowest BCUT2D eigenvalue weighted by Gasteiger charge is -2.31. The van der Waals surface area contributed by atoms with E-state index in [2.05, 4.69) is 39.0 Å². The highest BCUT2D eigenvalue weighted by Gasteiger charge is 2.22. The molecule has 0 N–H and O–H groups in total. The molecule has 2 aromatic carbocycles. The summed E-state index contributed by atoms with van der Waals surface area (Å²) in [6, 6.07) is 17.6. The number of esters is 1. The number of benzene rings is 2. The van der Waals surface area contributed by atoms with Crippen LogP contribution in [0.2, 0.25) is 0 Å². The predicted molar refractivity (Wildman–Crippen MR) is 102 cm³/mol. The number of nitrogens with zero attached hydrogens (tertiary/aromatic N) is 1. The van der Waals surface area contributed by atoms with Gasteiger partial charge in [-0.1, -0.05) is 46.3 Å². The van der Waals surface area contributed by atoms with E-state index in [1.54, 1.807) is 12.1 Å². The van der Waals surface area contributed by atoms with Gasteiger partial charge in [-0.05, 0) is 42.7 Å². The minimum atomic E-state index is -0.212. The van der Waals surface area contributed by atoms with Crippen LogP contribution < -0.4 is 0 Å². The second kappa shape index (κ2) is 9.21. The molecule has 1 saturated heterocycles. The van der Waals surface area contributed by atoms with Crippen LogP contribution in [0.5, 0.6) is 0 Å². The Hall–Kier alpha value is -1.36. The molecule has 2 aromatic rings. The van der Waals surface area contributed by atoms with Gasteiger partial charge < -0.3 is 4.74 Å². The number of carbonyl (C=O) groups excluding carboxylic acids is 1. The molecule has 1 aliphatic rings. The quantitative estimate of drug-likeness (QED) is 0.685. The molecule has 0 atom stereocenters. The van der Waals surface area contributed by atoms with Crippen LogP contribution in [-0.2, 0) is 11.3 Å². The zero-order valence-corrected chi connectivity index (χ0v) is 15.8. The van der Waals surface area contributed by atoms with Gasteiger partial charge in [0.15, 0.2) is 0 Å². The van der Waals surface area contributed by atoms with Crippen LogP contribution in [0.3, 0.4) is 0 Å². The normalized spacial score (nSPS) is 15.5. The van der Waals surface area contributed by atoms with Crippen LogP contribution in [0.15, 0.2) is 59.1 Å². The van der Waals surface area contributed by atoms with Crippen molar-refractivity contribution in [3.05, 3.63) is 70.2 Å². The number of ether oxygens (including phenoxy) is 1. The summed E-state index contributed by atoms with van der Waals surface area (Å²) in [4.78, 5) is 14.5. The van der Waals surface area contributed by atoms with Gasteiger partial charge >= 0.3 is 5.97 Å². The van der Waals surface area contributed by atoms with Gasteiger partial charge in [0.05, 0.1) is 5.56 Å². The van der Waals surface area contributed by atoms with Crippen LogP contribution in [0.4, 0.5) is 0 Å². The maximum Gasteiger partial charge on any atom is 0.338 e. The van der Waals surface area contributed by atoms with Gasteiger partial charge in [-0.15, -0.1) is 12.4 Å². The molecule has 0 amide bonds. The van der Waals surface area contributed by atoms with E-state index >= 15 is 0 Å². The standard InChI is InChI=1S/C19H20BrNO2.ClH/c20-17-8-4-5-15(13-17)14-21-11-9-18(10-12-21)23-19(22)16-6-2-1-3-7-16;/h1-8,13,18H,9-12,14H2;1H. The zero-order chi connectivity index (χ0) is 16.1. The molecular formula is C19H21BrClNO2. The number of piperidine rings is 1. The summed E-state index contributed by atoms with van der Waals surface area (Å²) in [5.74, 6) is -0.212. The van der Waals surface area contributed by atoms with E-state index in [9.17, 15) is 4.79 Å². The first-order valence-electron chi connectivity index (χ1n) is 7.93. The maximum absolute atomic E-state index is 12.1. The monoisotopic (exact) mass is 409 g/mol. The first-order valence-corrected chi connectivity index (χ1v) is 8.73. The smallest absolute Gasteiger partial charge is 0.338 e. The fraction of sp³-hybridized carbons (Fsp3) is 0.316. The Balaban J connectivity index is 0.00000208. The minimum absolute atomic E-state index is 0. The third-order valence-corrected chi connectivity index (χ3v) is 4.61. The summed E-state index contributed by atoms with van der Waals surface area (Å²) in [6.07, 6.45) is 1.82. The predicted octanol–water partition coefficient (Wildman–Crippen LogP) is 4.69. The first kappa shape index (κ1) is 19.0. The van der Waals surface area contributed by atoms with E-state index < -0.39 is 0 Å². The van der Waals surface area contributed by atoms with Crippen molar-refractivity contribution in [2.75, 3.05) is 13.1 Å². The Bertz CT molecular complexity index is 657. The van der Waals surface area contributed by atoms with Gasteiger partial charge in [0.1, 0.15) is 6.10 Å². The van der Waals surface area contributed by atoms with Crippen molar-refractivity contribution >= 4 is 34.3 Å². The molecule has 1 heterocycles. The number of carbonyl (C=O) groups is 1. The summed E-state index contributed by atoms with van der Waals surface area (Å²) >= 11 is 3.51. The first-order chi connectivity index (χ1) is 11.2. The lowest BCUT2D eigenvalue weighted by molar-refractivity contribution is 0.0104. The van der Waals surface area contributed by atoms with Gasteiger partial charge in [0.25, 0.3) is 0 Å². The molecule has 128 valence electrons. The van der Waals surface area contributed by atoms with Crippen molar-refractivity contribution in [2.45, 2.75) is 25.5 Å². The van der Waals surface area contributed by atoms with Gasteiger partial charge in [0.2, 0.25) is 0 Å². The molecule has 24 heavy (non-hydrogen) atoms. The molecule has 0 saturated carbocycles. The van der Waals surface area contributed by atoms with E-state index in [-0.39, 0.29) is 24.5 Å². The molecular weight excluding hydrogens is 390 g/mol. The van der Waals surface area contributed by atoms with Gasteiger partial charge in [-0.2, -0.15) is 0 Å². The minimum Gasteiger partial charge on any atom is -0.459 e. The van der Waals surface area contributed by atoms with E-state index in [1.807, 2.05) is 24.3 Å². The Morgan fingerprint density at radius 2 is 1.79 bits per heavy atom. The largest absolute Gasteiger partial charge is 0.459 e. The molecule has 0 spiro atoms. The van der Waals surface area contributed by atoms with E-state index in [0.717, 1.165) is 36.9 Å². The molecule has 1 aliphatic heterocycles. The highest BCUT2D eigenvalue weighted by Crippen LogP contribution is 2.19. The molecule has 1 fully saturated rings. The van der Waals surface area contributed by atoms with E-state index in [0.29, 0.717) is 5.56 Å². The van der Waals surface area contributed by atoms with Crippen LogP contribution in [0.25, 0.3) is 0 Å². The van der Waals surface area contributed by atoms with Crippen molar-refractivity contribution < 1.29 is 9.53 Å². The van der Waals surface area contributed by atoms with Crippen LogP contribution in [-0.4, -0.2) is 30.1 Å². The highest BCUT2D eigenvalue weighted by atomic mass is 79.9. The number of hydrogen-bond acceptors (Lipinski definition) is 3. The highest BCUT2D eigenvalue weighted by molar-refractivity contribution is 9.10. The molecule has 0 aromatic heterocycles. The van der Waals surface area contributed by atoms with E-state index in [1.165, 1.54) is 5.56 Å². The maximum atomic E-state index is 12.1. The number of likely N-dealkylation sites (tertiary alicyclic amines) is 1. The summed E-state index contributed by atoms with van der Waals surface area (Å²) in [7, 11) is 0. The lowest BCUT2D eigenvalue weighted by Crippen LogP contribution is -2.37. The summed E-state index contributed by atoms with van der Waals surface area (Å²) < 4.78 is 6.73. The fourth-order valence-corrected chi connectivity index (χ4v) is 3.32. The molecule has 0 bridgehead atoms. The number of halogens is 2. The Morgan fingerprint density at radius 1 is 1.08 bits per heavy atom. The summed E-state index contributed by atoms with van der Waals surface area (Å²) in [5, 5.41) is 0. The van der Waals surface area contributed by atoms with Gasteiger partial charge in [-0.3, -0.25) is 4.90 Å². The van der Waals surface area contributed by atoms with Crippen LogP contribution >= 0.6 is 28.3 Å². The Labute approximate surface area is 157 Å². The van der Waals surface area contributed by atoms with E-state index in [4.69, 9.17) is 4.74 Å². The molecule has 0 unspecified atom stereocenters. The Morgan fingerprint density at radius 3 is 2.46 bits per heavy atom. The Kier molecular flexibility index (Phi) is 7.28. The summed E-state index contributed by atoms with van der Waals surface area (Å²) in [5.41, 5.74) is 1.93. The average molecular weight is 411 g/mol. The topological polar surface area (TPSA) is 29.5 Å². The third kappa shape index (κ3) is 5.33. The molecule has 5 heteroatoms. The molecule has 0 radical (unpaired) electrons. The second-order valence-electron chi connectivity index (χ2n) is 5.88. The van der Waals surface area contributed by atoms with Crippen molar-refractivity contribution in [3.8, 4) is 0 Å². The van der Waals surface area contributed by atoms with Crippen molar-refractivity contribution in [1.82, 2.24) is 4.90 Å². The molecule has 3 nitrogen and oxygen atoms in total. The van der Waals surface area contributed by atoms with Gasteiger partial charge in [0, 0.05) is 24.1 Å². The number of rotatable bonds is 4. The van der Waals surface area contributed by atoms with Crippen molar-refractivity contribution in [1.29, 1.82) is 0 Å². The van der Waals surface area contributed by atoms with Gasteiger partial charge in [-0.25, -0.2) is 4.79 Å². The van der Waals surface area contributed by atoms with Crippen molar-refractivity contribution in [3.63, 3.8) is 0 Å². The zero-order valence-electron chi connectivity index (χ0n) is 13.4. The molecule has 3 rings (SSSR count).